The van der Waals surface area contributed by atoms with Crippen LogP contribution in [0.2, 0.25) is 0 Å². The SMILES string of the molecule is Cc1ccc(C(C)N2C(=O)NC(CC3CC3)C2=O)cc1. The van der Waals surface area contributed by atoms with E-state index in [2.05, 4.69) is 5.32 Å². The third-order valence-corrected chi connectivity index (χ3v) is 4.27. The molecule has 1 aromatic rings. The van der Waals surface area contributed by atoms with Crippen LogP contribution in [0.25, 0.3) is 0 Å². The highest BCUT2D eigenvalue weighted by Crippen LogP contribution is 2.35. The van der Waals surface area contributed by atoms with Gasteiger partial charge in [-0.2, -0.15) is 0 Å². The Morgan fingerprint density at radius 1 is 1.25 bits per heavy atom. The number of hydrogen-bond acceptors (Lipinski definition) is 2. The molecule has 20 heavy (non-hydrogen) atoms. The Bertz CT molecular complexity index is 534. The highest BCUT2D eigenvalue weighted by molar-refractivity contribution is 6.04. The van der Waals surface area contributed by atoms with E-state index in [-0.39, 0.29) is 24.0 Å². The van der Waals surface area contributed by atoms with Crippen molar-refractivity contribution in [3.05, 3.63) is 35.4 Å². The number of rotatable bonds is 4. The van der Waals surface area contributed by atoms with Crippen molar-refractivity contribution in [2.45, 2.75) is 45.2 Å². The first-order valence-electron chi connectivity index (χ1n) is 7.26. The molecule has 1 saturated heterocycles. The third-order valence-electron chi connectivity index (χ3n) is 4.27. The molecule has 2 aliphatic rings. The maximum Gasteiger partial charge on any atom is 0.325 e. The highest BCUT2D eigenvalue weighted by Gasteiger charge is 2.43. The molecular weight excluding hydrogens is 252 g/mol. The van der Waals surface area contributed by atoms with Gasteiger partial charge in [0.25, 0.3) is 5.91 Å². The first-order valence-corrected chi connectivity index (χ1v) is 7.26. The average molecular weight is 272 g/mol. The van der Waals surface area contributed by atoms with Crippen LogP contribution in [0.1, 0.15) is 43.4 Å². The summed E-state index contributed by atoms with van der Waals surface area (Å²) in [7, 11) is 0. The Hall–Kier alpha value is -1.84. The molecule has 0 spiro atoms. The van der Waals surface area contributed by atoms with Crippen molar-refractivity contribution in [3.63, 3.8) is 0 Å². The number of urea groups is 1. The van der Waals surface area contributed by atoms with Gasteiger partial charge in [-0.15, -0.1) is 0 Å². The molecule has 1 saturated carbocycles. The van der Waals surface area contributed by atoms with Crippen molar-refractivity contribution < 1.29 is 9.59 Å². The summed E-state index contributed by atoms with van der Waals surface area (Å²) in [5.41, 5.74) is 2.16. The molecule has 1 heterocycles. The Kier molecular flexibility index (Phi) is 3.24. The number of nitrogens with one attached hydrogen (secondary N) is 1. The van der Waals surface area contributed by atoms with Crippen LogP contribution in [-0.4, -0.2) is 22.9 Å². The number of imide groups is 1. The zero-order chi connectivity index (χ0) is 14.3. The standard InChI is InChI=1S/C16H20N2O2/c1-10-3-7-13(8-4-10)11(2)18-15(19)14(17-16(18)20)9-12-5-6-12/h3-4,7-8,11-12,14H,5-6,9H2,1-2H3,(H,17,20). The zero-order valence-electron chi connectivity index (χ0n) is 11.9. The molecule has 1 N–H and O–H groups in total. The second kappa shape index (κ2) is 4.93. The smallest absolute Gasteiger partial charge is 0.325 e. The van der Waals surface area contributed by atoms with Crippen LogP contribution in [0.4, 0.5) is 4.79 Å². The third kappa shape index (κ3) is 2.42. The summed E-state index contributed by atoms with van der Waals surface area (Å²) in [5, 5.41) is 2.82. The number of amides is 3. The summed E-state index contributed by atoms with van der Waals surface area (Å²) < 4.78 is 0. The second-order valence-electron chi connectivity index (χ2n) is 5.98. The number of hydrogen-bond donors (Lipinski definition) is 1. The van der Waals surface area contributed by atoms with E-state index in [1.54, 1.807) is 0 Å². The zero-order valence-corrected chi connectivity index (χ0v) is 11.9. The minimum Gasteiger partial charge on any atom is -0.326 e. The molecule has 4 heteroatoms. The first-order chi connectivity index (χ1) is 9.56. The maximum absolute atomic E-state index is 12.4. The molecule has 2 atom stereocenters. The van der Waals surface area contributed by atoms with Crippen molar-refractivity contribution in [2.24, 2.45) is 5.92 Å². The lowest BCUT2D eigenvalue weighted by molar-refractivity contribution is -0.129. The van der Waals surface area contributed by atoms with E-state index in [0.29, 0.717) is 5.92 Å². The minimum atomic E-state index is -0.317. The largest absolute Gasteiger partial charge is 0.326 e. The summed E-state index contributed by atoms with van der Waals surface area (Å²) in [6.45, 7) is 3.93. The number of nitrogens with zero attached hydrogens (tertiary/aromatic N) is 1. The number of aryl methyl sites for hydroxylation is 1. The van der Waals surface area contributed by atoms with Crippen LogP contribution >= 0.6 is 0 Å². The number of benzene rings is 1. The Labute approximate surface area is 119 Å². The van der Waals surface area contributed by atoms with Gasteiger partial charge in [0.2, 0.25) is 0 Å². The topological polar surface area (TPSA) is 49.4 Å². The van der Waals surface area contributed by atoms with Crippen LogP contribution in [0.5, 0.6) is 0 Å². The van der Waals surface area contributed by atoms with Gasteiger partial charge in [0.15, 0.2) is 0 Å². The fraction of sp³-hybridized carbons (Fsp3) is 0.500. The van der Waals surface area contributed by atoms with Gasteiger partial charge >= 0.3 is 6.03 Å². The molecule has 2 fully saturated rings. The van der Waals surface area contributed by atoms with Crippen molar-refractivity contribution in [2.75, 3.05) is 0 Å². The molecule has 1 aliphatic heterocycles. The number of carbonyl (C=O) groups is 2. The van der Waals surface area contributed by atoms with Crippen molar-refractivity contribution in [3.8, 4) is 0 Å². The lowest BCUT2D eigenvalue weighted by Crippen LogP contribution is -2.34. The molecule has 3 amide bonds. The lowest BCUT2D eigenvalue weighted by Gasteiger charge is -2.22. The van der Waals surface area contributed by atoms with E-state index in [1.165, 1.54) is 23.3 Å². The van der Waals surface area contributed by atoms with Gasteiger partial charge in [-0.05, 0) is 31.7 Å². The molecular formula is C16H20N2O2. The van der Waals surface area contributed by atoms with Gasteiger partial charge in [0.05, 0.1) is 6.04 Å². The van der Waals surface area contributed by atoms with E-state index in [4.69, 9.17) is 0 Å². The molecule has 106 valence electrons. The highest BCUT2D eigenvalue weighted by atomic mass is 16.2. The van der Waals surface area contributed by atoms with Crippen LogP contribution in [0, 0.1) is 12.8 Å². The minimum absolute atomic E-state index is 0.0741. The molecule has 0 aromatic heterocycles. The molecule has 4 nitrogen and oxygen atoms in total. The summed E-state index contributed by atoms with van der Waals surface area (Å²) in [4.78, 5) is 25.8. The van der Waals surface area contributed by atoms with Gasteiger partial charge < -0.3 is 5.32 Å². The van der Waals surface area contributed by atoms with Gasteiger partial charge in [-0.3, -0.25) is 9.69 Å². The van der Waals surface area contributed by atoms with Crippen LogP contribution in [-0.2, 0) is 4.79 Å². The monoisotopic (exact) mass is 272 g/mol. The fourth-order valence-corrected chi connectivity index (χ4v) is 2.76. The average Bonchev–Trinajstić information content (AvgIpc) is 3.17. The second-order valence-corrected chi connectivity index (χ2v) is 5.98. The quantitative estimate of drug-likeness (QED) is 0.857. The lowest BCUT2D eigenvalue weighted by atomic mass is 10.0. The summed E-state index contributed by atoms with van der Waals surface area (Å²) in [6.07, 6.45) is 3.17. The molecule has 2 unspecified atom stereocenters. The van der Waals surface area contributed by atoms with E-state index in [0.717, 1.165) is 12.0 Å². The molecule has 3 rings (SSSR count). The predicted molar refractivity (Wildman–Crippen MR) is 76.1 cm³/mol. The van der Waals surface area contributed by atoms with Gasteiger partial charge in [-0.1, -0.05) is 42.7 Å². The maximum atomic E-state index is 12.4. The number of carbonyl (C=O) groups excluding carboxylic acids is 2. The van der Waals surface area contributed by atoms with Crippen LogP contribution < -0.4 is 5.32 Å². The van der Waals surface area contributed by atoms with Crippen molar-refractivity contribution >= 4 is 11.9 Å². The van der Waals surface area contributed by atoms with Crippen molar-refractivity contribution in [1.82, 2.24) is 10.2 Å². The molecule has 0 radical (unpaired) electrons. The Morgan fingerprint density at radius 2 is 1.90 bits per heavy atom. The van der Waals surface area contributed by atoms with Crippen molar-refractivity contribution in [1.29, 1.82) is 0 Å². The van der Waals surface area contributed by atoms with E-state index in [9.17, 15) is 9.59 Å². The van der Waals surface area contributed by atoms with Gasteiger partial charge in [0.1, 0.15) is 6.04 Å². The summed E-state index contributed by atoms with van der Waals surface area (Å²) in [5.74, 6) is 0.550. The van der Waals surface area contributed by atoms with Crippen LogP contribution in [0.3, 0.4) is 0 Å². The van der Waals surface area contributed by atoms with Gasteiger partial charge in [-0.25, -0.2) is 4.79 Å². The normalized spacial score (nSPS) is 23.9. The van der Waals surface area contributed by atoms with E-state index in [1.807, 2.05) is 38.1 Å². The molecule has 1 aliphatic carbocycles. The molecule has 0 bridgehead atoms. The van der Waals surface area contributed by atoms with E-state index < -0.39 is 0 Å². The Morgan fingerprint density at radius 3 is 2.50 bits per heavy atom. The Balaban J connectivity index is 1.76. The van der Waals surface area contributed by atoms with Gasteiger partial charge in [0, 0.05) is 0 Å². The van der Waals surface area contributed by atoms with E-state index >= 15 is 0 Å². The first kappa shape index (κ1) is 13.2. The molecule has 1 aromatic carbocycles. The predicted octanol–water partition coefficient (Wildman–Crippen LogP) is 2.78. The summed E-state index contributed by atoms with van der Waals surface area (Å²) in [6, 6.07) is 7.19. The fourth-order valence-electron chi connectivity index (χ4n) is 2.76. The summed E-state index contributed by atoms with van der Waals surface area (Å²) >= 11 is 0. The van der Waals surface area contributed by atoms with Crippen LogP contribution in [0.15, 0.2) is 24.3 Å².